The molecule has 1 atom stereocenters. The summed E-state index contributed by atoms with van der Waals surface area (Å²) in [5.74, 6) is 0.765. The van der Waals surface area contributed by atoms with Crippen LogP contribution in [0.1, 0.15) is 32.3 Å². The van der Waals surface area contributed by atoms with E-state index in [1.54, 1.807) is 6.20 Å². The predicted octanol–water partition coefficient (Wildman–Crippen LogP) is 3.13. The largest absolute Gasteiger partial charge is 0.301 e. The molecule has 0 radical (unpaired) electrons. The van der Waals surface area contributed by atoms with Crippen LogP contribution >= 0.6 is 0 Å². The van der Waals surface area contributed by atoms with Crippen LogP contribution in [0.4, 0.5) is 0 Å². The van der Waals surface area contributed by atoms with E-state index in [1.807, 2.05) is 12.3 Å². The van der Waals surface area contributed by atoms with Crippen LogP contribution in [0, 0.1) is 5.92 Å². The second kappa shape index (κ2) is 6.39. The third-order valence-corrected chi connectivity index (χ3v) is 4.41. The van der Waals surface area contributed by atoms with Crippen LogP contribution in [0.25, 0.3) is 11.4 Å². The van der Waals surface area contributed by atoms with Crippen LogP contribution in [0.2, 0.25) is 0 Å². The summed E-state index contributed by atoms with van der Waals surface area (Å²) in [4.78, 5) is 7.15. The number of H-pyrrole nitrogens is 1. The van der Waals surface area contributed by atoms with Crippen molar-refractivity contribution < 1.29 is 0 Å². The molecule has 1 fully saturated rings. The maximum Gasteiger partial charge on any atom is 0.0880 e. The zero-order chi connectivity index (χ0) is 14.7. The van der Waals surface area contributed by atoms with E-state index in [0.29, 0.717) is 6.04 Å². The Hall–Kier alpha value is -1.68. The van der Waals surface area contributed by atoms with Gasteiger partial charge >= 0.3 is 0 Å². The number of rotatable bonds is 4. The fraction of sp³-hybridized carbons (Fsp3) is 0.529. The molecule has 1 aliphatic heterocycles. The number of nitrogens with zero attached hydrogens (tertiary/aromatic N) is 3. The molecule has 4 heteroatoms. The normalized spacial score (nSPS) is 20.0. The van der Waals surface area contributed by atoms with Gasteiger partial charge in [0.25, 0.3) is 0 Å². The molecule has 1 unspecified atom stereocenters. The SMILES string of the molecule is CC(C)N1CCCC(Cc2ccc(-c3ccn[nH]3)nc2)C1. The fourth-order valence-electron chi connectivity index (χ4n) is 3.17. The highest BCUT2D eigenvalue weighted by Crippen LogP contribution is 2.23. The van der Waals surface area contributed by atoms with Crippen molar-refractivity contribution in [3.8, 4) is 11.4 Å². The van der Waals surface area contributed by atoms with Crippen molar-refractivity contribution in [2.45, 2.75) is 39.2 Å². The van der Waals surface area contributed by atoms with Gasteiger partial charge in [0.15, 0.2) is 0 Å². The molecule has 112 valence electrons. The van der Waals surface area contributed by atoms with Gasteiger partial charge in [0.1, 0.15) is 0 Å². The highest BCUT2D eigenvalue weighted by molar-refractivity contribution is 5.52. The quantitative estimate of drug-likeness (QED) is 0.938. The number of piperidine rings is 1. The minimum atomic E-state index is 0.661. The second-order valence-electron chi connectivity index (χ2n) is 6.32. The number of pyridine rings is 1. The molecule has 0 spiro atoms. The first-order valence-corrected chi connectivity index (χ1v) is 7.91. The molecule has 0 amide bonds. The van der Waals surface area contributed by atoms with Crippen LogP contribution < -0.4 is 0 Å². The highest BCUT2D eigenvalue weighted by Gasteiger charge is 2.21. The molecule has 0 bridgehead atoms. The standard InChI is InChI=1S/C17H24N4/c1-13(2)21-9-3-4-15(12-21)10-14-5-6-16(18-11-14)17-7-8-19-20-17/h5-8,11,13,15H,3-4,9-10,12H2,1-2H3,(H,19,20). The van der Waals surface area contributed by atoms with E-state index in [1.165, 1.54) is 31.5 Å². The number of hydrogen-bond acceptors (Lipinski definition) is 3. The van der Waals surface area contributed by atoms with Crippen molar-refractivity contribution in [1.29, 1.82) is 0 Å². The van der Waals surface area contributed by atoms with Gasteiger partial charge in [-0.1, -0.05) is 6.07 Å². The summed E-state index contributed by atoms with van der Waals surface area (Å²) >= 11 is 0. The van der Waals surface area contributed by atoms with Crippen molar-refractivity contribution in [2.24, 2.45) is 5.92 Å². The lowest BCUT2D eigenvalue weighted by Gasteiger charge is -2.35. The third-order valence-electron chi connectivity index (χ3n) is 4.41. The van der Waals surface area contributed by atoms with E-state index < -0.39 is 0 Å². The molecule has 0 aliphatic carbocycles. The summed E-state index contributed by atoms with van der Waals surface area (Å²) in [6.07, 6.45) is 7.57. The molecule has 3 heterocycles. The lowest BCUT2D eigenvalue weighted by molar-refractivity contribution is 0.139. The zero-order valence-corrected chi connectivity index (χ0v) is 12.9. The molecular weight excluding hydrogens is 260 g/mol. The van der Waals surface area contributed by atoms with E-state index in [-0.39, 0.29) is 0 Å². The fourth-order valence-corrected chi connectivity index (χ4v) is 3.17. The zero-order valence-electron chi connectivity index (χ0n) is 12.9. The molecule has 3 rings (SSSR count). The minimum Gasteiger partial charge on any atom is -0.301 e. The maximum atomic E-state index is 4.56. The summed E-state index contributed by atoms with van der Waals surface area (Å²) in [5, 5.41) is 6.92. The summed E-state index contributed by atoms with van der Waals surface area (Å²) in [6, 6.07) is 6.90. The van der Waals surface area contributed by atoms with Crippen molar-refractivity contribution in [3.05, 3.63) is 36.2 Å². The summed E-state index contributed by atoms with van der Waals surface area (Å²) in [7, 11) is 0. The van der Waals surface area contributed by atoms with Crippen LogP contribution in [-0.4, -0.2) is 39.2 Å². The highest BCUT2D eigenvalue weighted by atomic mass is 15.2. The van der Waals surface area contributed by atoms with E-state index in [2.05, 4.69) is 46.1 Å². The van der Waals surface area contributed by atoms with Gasteiger partial charge in [0.05, 0.1) is 11.4 Å². The Labute approximate surface area is 126 Å². The molecule has 2 aromatic heterocycles. The molecule has 2 aromatic rings. The Morgan fingerprint density at radius 2 is 2.24 bits per heavy atom. The van der Waals surface area contributed by atoms with Gasteiger partial charge in [0.2, 0.25) is 0 Å². The first-order valence-electron chi connectivity index (χ1n) is 7.91. The molecule has 1 saturated heterocycles. The van der Waals surface area contributed by atoms with Crippen molar-refractivity contribution in [3.63, 3.8) is 0 Å². The van der Waals surface area contributed by atoms with Gasteiger partial charge in [-0.05, 0) is 63.3 Å². The Kier molecular flexibility index (Phi) is 4.34. The number of nitrogens with one attached hydrogen (secondary N) is 1. The van der Waals surface area contributed by atoms with Gasteiger partial charge in [0, 0.05) is 25.0 Å². The average Bonchev–Trinajstić information content (AvgIpc) is 3.02. The molecule has 21 heavy (non-hydrogen) atoms. The third kappa shape index (κ3) is 3.50. The van der Waals surface area contributed by atoms with Crippen LogP contribution in [-0.2, 0) is 6.42 Å². The maximum absolute atomic E-state index is 4.56. The smallest absolute Gasteiger partial charge is 0.0880 e. The number of likely N-dealkylation sites (tertiary alicyclic amines) is 1. The van der Waals surface area contributed by atoms with Gasteiger partial charge in [-0.25, -0.2) is 0 Å². The van der Waals surface area contributed by atoms with Crippen molar-refractivity contribution >= 4 is 0 Å². The number of aromatic amines is 1. The Morgan fingerprint density at radius 3 is 2.90 bits per heavy atom. The Balaban J connectivity index is 1.62. The molecule has 4 nitrogen and oxygen atoms in total. The molecule has 1 N–H and O–H groups in total. The lowest BCUT2D eigenvalue weighted by Crippen LogP contribution is -2.40. The molecule has 0 aromatic carbocycles. The first kappa shape index (κ1) is 14.3. The van der Waals surface area contributed by atoms with Crippen LogP contribution in [0.5, 0.6) is 0 Å². The van der Waals surface area contributed by atoms with Crippen LogP contribution in [0.15, 0.2) is 30.6 Å². The van der Waals surface area contributed by atoms with E-state index in [9.17, 15) is 0 Å². The van der Waals surface area contributed by atoms with E-state index in [0.717, 1.165) is 23.7 Å². The van der Waals surface area contributed by atoms with E-state index in [4.69, 9.17) is 0 Å². The summed E-state index contributed by atoms with van der Waals surface area (Å²) < 4.78 is 0. The Morgan fingerprint density at radius 1 is 1.33 bits per heavy atom. The van der Waals surface area contributed by atoms with Gasteiger partial charge < -0.3 is 4.90 Å². The van der Waals surface area contributed by atoms with Gasteiger partial charge in [-0.2, -0.15) is 5.10 Å². The molecular formula is C17H24N4. The summed E-state index contributed by atoms with van der Waals surface area (Å²) in [6.45, 7) is 7.07. The number of aromatic nitrogens is 3. The van der Waals surface area contributed by atoms with Crippen LogP contribution in [0.3, 0.4) is 0 Å². The molecule has 1 aliphatic rings. The topological polar surface area (TPSA) is 44.8 Å². The van der Waals surface area contributed by atoms with E-state index >= 15 is 0 Å². The lowest BCUT2D eigenvalue weighted by atomic mass is 9.91. The van der Waals surface area contributed by atoms with Crippen molar-refractivity contribution in [2.75, 3.05) is 13.1 Å². The predicted molar refractivity (Wildman–Crippen MR) is 85.0 cm³/mol. The second-order valence-corrected chi connectivity index (χ2v) is 6.32. The summed E-state index contributed by atoms with van der Waals surface area (Å²) in [5.41, 5.74) is 3.28. The monoisotopic (exact) mass is 284 g/mol. The Bertz CT molecular complexity index is 545. The minimum absolute atomic E-state index is 0.661. The number of hydrogen-bond donors (Lipinski definition) is 1. The molecule has 0 saturated carbocycles. The van der Waals surface area contributed by atoms with Gasteiger partial charge in [-0.3, -0.25) is 10.1 Å². The first-order chi connectivity index (χ1) is 10.2. The van der Waals surface area contributed by atoms with Crippen molar-refractivity contribution in [1.82, 2.24) is 20.1 Å². The average molecular weight is 284 g/mol. The van der Waals surface area contributed by atoms with Gasteiger partial charge in [-0.15, -0.1) is 0 Å².